The molecule has 120 valence electrons. The van der Waals surface area contributed by atoms with Crippen LogP contribution in [0.2, 0.25) is 0 Å². The Balaban J connectivity index is 0.00000242. The zero-order valence-electron chi connectivity index (χ0n) is 12.8. The van der Waals surface area contributed by atoms with Crippen LogP contribution in [0.25, 0.3) is 5.69 Å². The Bertz CT molecular complexity index is 556. The number of hydrogen-bond donors (Lipinski definition) is 2. The van der Waals surface area contributed by atoms with Gasteiger partial charge in [-0.15, -0.1) is 12.4 Å². The molecule has 2 aromatic rings. The van der Waals surface area contributed by atoms with Crippen LogP contribution in [0.3, 0.4) is 0 Å². The summed E-state index contributed by atoms with van der Waals surface area (Å²) in [7, 11) is 1.89. The fourth-order valence-electron chi connectivity index (χ4n) is 2.07. The van der Waals surface area contributed by atoms with Crippen LogP contribution in [0, 0.1) is 0 Å². The van der Waals surface area contributed by atoms with Gasteiger partial charge in [-0.3, -0.25) is 4.79 Å². The van der Waals surface area contributed by atoms with Crippen LogP contribution in [-0.4, -0.2) is 35.8 Å². The van der Waals surface area contributed by atoms with E-state index in [1.54, 1.807) is 0 Å². The Morgan fingerprint density at radius 3 is 2.73 bits per heavy atom. The number of rotatable bonds is 8. The largest absolute Gasteiger partial charge is 0.356 e. The molecule has 0 atom stereocenters. The van der Waals surface area contributed by atoms with E-state index in [9.17, 15) is 4.79 Å². The molecule has 5 nitrogen and oxygen atoms in total. The summed E-state index contributed by atoms with van der Waals surface area (Å²) in [5, 5.41) is 10.3. The predicted octanol–water partition coefficient (Wildman–Crippen LogP) is 1.95. The Kier molecular flexibility index (Phi) is 8.25. The van der Waals surface area contributed by atoms with Crippen molar-refractivity contribution in [2.45, 2.75) is 19.3 Å². The lowest BCUT2D eigenvalue weighted by Gasteiger charge is -2.04. The standard InChI is InChI=1S/C16H22N4O.ClH/c1-17-10-5-8-16(21)18-11-9-14-12-19-20(13-14)15-6-3-2-4-7-15;/h2-4,6-7,12-13,17H,5,8-11H2,1H3,(H,18,21);1H. The highest BCUT2D eigenvalue weighted by molar-refractivity contribution is 5.85. The van der Waals surface area contributed by atoms with Gasteiger partial charge in [-0.05, 0) is 44.1 Å². The lowest BCUT2D eigenvalue weighted by Crippen LogP contribution is -2.26. The number of benzene rings is 1. The van der Waals surface area contributed by atoms with Crippen molar-refractivity contribution in [3.63, 3.8) is 0 Å². The summed E-state index contributed by atoms with van der Waals surface area (Å²) in [6, 6.07) is 9.99. The fourth-order valence-corrected chi connectivity index (χ4v) is 2.07. The normalized spacial score (nSPS) is 10.0. The molecule has 6 heteroatoms. The number of para-hydroxylation sites is 1. The Morgan fingerprint density at radius 2 is 2.00 bits per heavy atom. The molecular weight excluding hydrogens is 300 g/mol. The maximum Gasteiger partial charge on any atom is 0.220 e. The first-order valence-corrected chi connectivity index (χ1v) is 7.30. The van der Waals surface area contributed by atoms with E-state index >= 15 is 0 Å². The molecule has 0 aliphatic rings. The summed E-state index contributed by atoms with van der Waals surface area (Å²) < 4.78 is 1.85. The van der Waals surface area contributed by atoms with Crippen molar-refractivity contribution >= 4 is 18.3 Å². The predicted molar refractivity (Wildman–Crippen MR) is 90.7 cm³/mol. The Morgan fingerprint density at radius 1 is 1.23 bits per heavy atom. The average Bonchev–Trinajstić information content (AvgIpc) is 2.97. The lowest BCUT2D eigenvalue weighted by atomic mass is 10.2. The first-order chi connectivity index (χ1) is 10.3. The molecule has 1 aromatic carbocycles. The van der Waals surface area contributed by atoms with E-state index in [4.69, 9.17) is 0 Å². The molecule has 0 fully saturated rings. The number of carbonyl (C=O) groups is 1. The molecular formula is C16H23ClN4O. The van der Waals surface area contributed by atoms with Crippen LogP contribution in [0.4, 0.5) is 0 Å². The van der Waals surface area contributed by atoms with Gasteiger partial charge in [0.1, 0.15) is 0 Å². The van der Waals surface area contributed by atoms with Gasteiger partial charge in [-0.25, -0.2) is 4.68 Å². The maximum atomic E-state index is 11.6. The van der Waals surface area contributed by atoms with Crippen LogP contribution < -0.4 is 10.6 Å². The highest BCUT2D eigenvalue weighted by atomic mass is 35.5. The topological polar surface area (TPSA) is 59.0 Å². The van der Waals surface area contributed by atoms with Gasteiger partial charge in [0.25, 0.3) is 0 Å². The van der Waals surface area contributed by atoms with Crippen LogP contribution >= 0.6 is 12.4 Å². The van der Waals surface area contributed by atoms with Crippen molar-refractivity contribution in [3.05, 3.63) is 48.3 Å². The van der Waals surface area contributed by atoms with Gasteiger partial charge in [0.05, 0.1) is 11.9 Å². The Hall–Kier alpha value is -1.85. The zero-order valence-corrected chi connectivity index (χ0v) is 13.6. The fraction of sp³-hybridized carbons (Fsp3) is 0.375. The minimum absolute atomic E-state index is 0. The van der Waals surface area contributed by atoms with E-state index in [1.165, 1.54) is 0 Å². The zero-order chi connectivity index (χ0) is 14.9. The van der Waals surface area contributed by atoms with Gasteiger partial charge >= 0.3 is 0 Å². The molecule has 0 spiro atoms. The molecule has 1 aromatic heterocycles. The summed E-state index contributed by atoms with van der Waals surface area (Å²) in [6.07, 6.45) is 6.09. The van der Waals surface area contributed by atoms with Crippen molar-refractivity contribution < 1.29 is 4.79 Å². The highest BCUT2D eigenvalue weighted by Crippen LogP contribution is 2.07. The second-order valence-electron chi connectivity index (χ2n) is 4.94. The summed E-state index contributed by atoms with van der Waals surface area (Å²) in [6.45, 7) is 1.52. The molecule has 2 N–H and O–H groups in total. The molecule has 2 rings (SSSR count). The molecule has 1 heterocycles. The number of carbonyl (C=O) groups excluding carboxylic acids is 1. The van der Waals surface area contributed by atoms with E-state index in [-0.39, 0.29) is 18.3 Å². The smallest absolute Gasteiger partial charge is 0.220 e. The third-order valence-corrected chi connectivity index (χ3v) is 3.22. The van der Waals surface area contributed by atoms with Gasteiger partial charge in [0.2, 0.25) is 5.91 Å². The van der Waals surface area contributed by atoms with Gasteiger partial charge in [0.15, 0.2) is 0 Å². The van der Waals surface area contributed by atoms with Crippen LogP contribution in [0.1, 0.15) is 18.4 Å². The van der Waals surface area contributed by atoms with Crippen molar-refractivity contribution in [3.8, 4) is 5.69 Å². The maximum absolute atomic E-state index is 11.6. The third-order valence-electron chi connectivity index (χ3n) is 3.22. The average molecular weight is 323 g/mol. The van der Waals surface area contributed by atoms with Gasteiger partial charge in [-0.1, -0.05) is 18.2 Å². The van der Waals surface area contributed by atoms with E-state index in [0.29, 0.717) is 13.0 Å². The van der Waals surface area contributed by atoms with E-state index < -0.39 is 0 Å². The number of hydrogen-bond acceptors (Lipinski definition) is 3. The second kappa shape index (κ2) is 9.97. The van der Waals surface area contributed by atoms with Crippen molar-refractivity contribution in [1.29, 1.82) is 0 Å². The third kappa shape index (κ3) is 5.87. The summed E-state index contributed by atoms with van der Waals surface area (Å²) in [4.78, 5) is 11.6. The van der Waals surface area contributed by atoms with E-state index in [1.807, 2.05) is 54.5 Å². The van der Waals surface area contributed by atoms with E-state index in [2.05, 4.69) is 15.7 Å². The molecule has 0 bridgehead atoms. The SMILES string of the molecule is CNCCCC(=O)NCCc1cnn(-c2ccccc2)c1.Cl. The summed E-state index contributed by atoms with van der Waals surface area (Å²) in [5.41, 5.74) is 2.16. The van der Waals surface area contributed by atoms with Crippen molar-refractivity contribution in [2.75, 3.05) is 20.1 Å². The van der Waals surface area contributed by atoms with Gasteiger partial charge in [0, 0.05) is 19.2 Å². The summed E-state index contributed by atoms with van der Waals surface area (Å²) >= 11 is 0. The monoisotopic (exact) mass is 322 g/mol. The first-order valence-electron chi connectivity index (χ1n) is 7.30. The van der Waals surface area contributed by atoms with Gasteiger partial charge in [-0.2, -0.15) is 5.10 Å². The summed E-state index contributed by atoms with van der Waals surface area (Å²) in [5.74, 6) is 0.112. The lowest BCUT2D eigenvalue weighted by molar-refractivity contribution is -0.121. The molecule has 0 saturated carbocycles. The van der Waals surface area contributed by atoms with Crippen molar-refractivity contribution in [1.82, 2.24) is 20.4 Å². The highest BCUT2D eigenvalue weighted by Gasteiger charge is 2.03. The minimum Gasteiger partial charge on any atom is -0.356 e. The molecule has 0 unspecified atom stereocenters. The second-order valence-corrected chi connectivity index (χ2v) is 4.94. The van der Waals surface area contributed by atoms with E-state index in [0.717, 1.165) is 30.6 Å². The minimum atomic E-state index is 0. The number of nitrogens with zero attached hydrogens (tertiary/aromatic N) is 2. The molecule has 0 aliphatic carbocycles. The number of aromatic nitrogens is 2. The molecule has 0 saturated heterocycles. The quantitative estimate of drug-likeness (QED) is 0.730. The molecule has 0 aliphatic heterocycles. The van der Waals surface area contributed by atoms with Crippen molar-refractivity contribution in [2.24, 2.45) is 0 Å². The molecule has 0 radical (unpaired) electrons. The number of halogens is 1. The van der Waals surface area contributed by atoms with Crippen LogP contribution in [0.5, 0.6) is 0 Å². The number of nitrogens with one attached hydrogen (secondary N) is 2. The van der Waals surface area contributed by atoms with Crippen LogP contribution in [-0.2, 0) is 11.2 Å². The molecule has 22 heavy (non-hydrogen) atoms. The first kappa shape index (κ1) is 18.2. The van der Waals surface area contributed by atoms with Gasteiger partial charge < -0.3 is 10.6 Å². The van der Waals surface area contributed by atoms with Crippen LogP contribution in [0.15, 0.2) is 42.7 Å². The Labute approximate surface area is 137 Å². The number of amides is 1. The molecule has 1 amide bonds.